The van der Waals surface area contributed by atoms with Crippen LogP contribution in [0, 0.1) is 17.3 Å². The molecule has 0 amide bonds. The number of esters is 1. The molecule has 0 aromatic heterocycles. The first-order valence-corrected chi connectivity index (χ1v) is 13.4. The summed E-state index contributed by atoms with van der Waals surface area (Å²) < 4.78 is 34.7. The van der Waals surface area contributed by atoms with Crippen LogP contribution in [-0.4, -0.2) is 32.7 Å². The summed E-state index contributed by atoms with van der Waals surface area (Å²) in [6.07, 6.45) is 5.50. The molecule has 34 heavy (non-hydrogen) atoms. The van der Waals surface area contributed by atoms with E-state index >= 15 is 0 Å². The normalized spacial score (nSPS) is 30.1. The lowest BCUT2D eigenvalue weighted by Crippen LogP contribution is -2.45. The zero-order valence-electron chi connectivity index (χ0n) is 19.5. The molecule has 0 heterocycles. The Kier molecular flexibility index (Phi) is 5.64. The molecule has 3 aliphatic carbocycles. The van der Waals surface area contributed by atoms with E-state index in [0.717, 1.165) is 38.5 Å². The molecule has 2 aromatic carbocycles. The number of hydrogen-bond acceptors (Lipinski definition) is 6. The molecule has 0 radical (unpaired) electrons. The highest BCUT2D eigenvalue weighted by Gasteiger charge is 2.56. The average Bonchev–Trinajstić information content (AvgIpc) is 3.14. The first-order chi connectivity index (χ1) is 16.1. The van der Waals surface area contributed by atoms with Gasteiger partial charge in [0.05, 0.1) is 17.6 Å². The molecular weight excluding hydrogens is 454 g/mol. The van der Waals surface area contributed by atoms with Gasteiger partial charge in [-0.25, -0.2) is 18.4 Å². The predicted octanol–water partition coefficient (Wildman–Crippen LogP) is 4.13. The summed E-state index contributed by atoms with van der Waals surface area (Å²) in [4.78, 5) is 12.9. The van der Waals surface area contributed by atoms with E-state index in [9.17, 15) is 18.3 Å². The number of carbonyl (C=O) groups excluding carboxylic acids is 1. The molecule has 0 bridgehead atoms. The van der Waals surface area contributed by atoms with Crippen LogP contribution in [0.4, 0.5) is 0 Å². The number of aryl methyl sites for hydroxylation is 1. The van der Waals surface area contributed by atoms with Crippen LogP contribution in [0.25, 0.3) is 0 Å². The second-order valence-electron chi connectivity index (χ2n) is 10.2. The van der Waals surface area contributed by atoms with Gasteiger partial charge < -0.3 is 14.6 Å². The number of ether oxygens (including phenoxy) is 2. The van der Waals surface area contributed by atoms with Gasteiger partial charge in [0, 0.05) is 5.41 Å². The van der Waals surface area contributed by atoms with Crippen LogP contribution in [0.3, 0.4) is 0 Å². The van der Waals surface area contributed by atoms with E-state index in [0.29, 0.717) is 23.5 Å². The lowest BCUT2D eigenvalue weighted by atomic mass is 9.55. The number of sulfonamides is 1. The Labute approximate surface area is 200 Å². The van der Waals surface area contributed by atoms with Crippen molar-refractivity contribution in [3.63, 3.8) is 0 Å². The molecule has 3 N–H and O–H groups in total. The number of benzene rings is 2. The van der Waals surface area contributed by atoms with Gasteiger partial charge in [0.25, 0.3) is 0 Å². The maximum absolute atomic E-state index is 12.9. The van der Waals surface area contributed by atoms with Gasteiger partial charge in [-0.2, -0.15) is 0 Å². The van der Waals surface area contributed by atoms with Gasteiger partial charge in [0.1, 0.15) is 6.10 Å². The highest BCUT2D eigenvalue weighted by atomic mass is 32.2. The van der Waals surface area contributed by atoms with Crippen molar-refractivity contribution in [2.45, 2.75) is 62.4 Å². The van der Waals surface area contributed by atoms with E-state index in [1.54, 1.807) is 13.2 Å². The Morgan fingerprint density at radius 3 is 2.68 bits per heavy atom. The zero-order valence-corrected chi connectivity index (χ0v) is 20.3. The van der Waals surface area contributed by atoms with E-state index < -0.39 is 16.0 Å². The summed E-state index contributed by atoms with van der Waals surface area (Å²) in [7, 11) is -2.32. The Morgan fingerprint density at radius 2 is 1.94 bits per heavy atom. The second kappa shape index (κ2) is 8.27. The first-order valence-electron chi connectivity index (χ1n) is 11.9. The number of phenolic OH excluding ortho intramolecular Hbond substituents is 1. The minimum atomic E-state index is -3.90. The topological polar surface area (TPSA) is 116 Å². The SMILES string of the molecule is COc1cc2c(cc1O)CCC1C2CC[C@@]2(C)C1CC[C@@H]2OC(=O)c1cccc(S(N)(=O)=O)c1. The van der Waals surface area contributed by atoms with Crippen LogP contribution < -0.4 is 9.88 Å². The monoisotopic (exact) mass is 485 g/mol. The molecule has 182 valence electrons. The van der Waals surface area contributed by atoms with E-state index in [4.69, 9.17) is 14.6 Å². The van der Waals surface area contributed by atoms with Gasteiger partial charge in [0.2, 0.25) is 10.0 Å². The molecule has 2 saturated carbocycles. The Morgan fingerprint density at radius 1 is 1.15 bits per heavy atom. The van der Waals surface area contributed by atoms with Crippen molar-refractivity contribution in [2.75, 3.05) is 7.11 Å². The van der Waals surface area contributed by atoms with Crippen LogP contribution in [0.1, 0.15) is 66.4 Å². The minimum Gasteiger partial charge on any atom is -0.504 e. The third kappa shape index (κ3) is 3.77. The molecule has 5 atom stereocenters. The van der Waals surface area contributed by atoms with Crippen molar-refractivity contribution in [2.24, 2.45) is 22.4 Å². The van der Waals surface area contributed by atoms with Gasteiger partial charge in [-0.05, 0) is 97.7 Å². The Balaban J connectivity index is 1.36. The summed E-state index contributed by atoms with van der Waals surface area (Å²) in [6, 6.07) is 9.58. The molecule has 0 aliphatic heterocycles. The minimum absolute atomic E-state index is 0.0969. The molecule has 2 aromatic rings. The fourth-order valence-electron chi connectivity index (χ4n) is 6.89. The van der Waals surface area contributed by atoms with Gasteiger partial charge in [-0.1, -0.05) is 13.0 Å². The maximum Gasteiger partial charge on any atom is 0.338 e. The fourth-order valence-corrected chi connectivity index (χ4v) is 7.45. The summed E-state index contributed by atoms with van der Waals surface area (Å²) in [5, 5.41) is 15.4. The lowest BCUT2D eigenvalue weighted by Gasteiger charge is -2.50. The van der Waals surface area contributed by atoms with Crippen LogP contribution in [0.2, 0.25) is 0 Å². The summed E-state index contributed by atoms with van der Waals surface area (Å²) in [6.45, 7) is 2.24. The van der Waals surface area contributed by atoms with Crippen LogP contribution in [0.5, 0.6) is 11.5 Å². The smallest absolute Gasteiger partial charge is 0.338 e. The second-order valence-corrected chi connectivity index (χ2v) is 11.8. The van der Waals surface area contributed by atoms with E-state index in [-0.39, 0.29) is 27.7 Å². The number of aromatic hydroxyl groups is 1. The molecule has 0 spiro atoms. The first kappa shape index (κ1) is 23.2. The third-order valence-electron chi connectivity index (χ3n) is 8.58. The van der Waals surface area contributed by atoms with E-state index in [2.05, 4.69) is 6.92 Å². The maximum atomic E-state index is 12.9. The van der Waals surface area contributed by atoms with Crippen molar-refractivity contribution >= 4 is 16.0 Å². The van der Waals surface area contributed by atoms with Crippen molar-refractivity contribution in [1.29, 1.82) is 0 Å². The Hall–Kier alpha value is -2.58. The quantitative estimate of drug-likeness (QED) is 0.629. The predicted molar refractivity (Wildman–Crippen MR) is 126 cm³/mol. The largest absolute Gasteiger partial charge is 0.504 e. The zero-order chi connectivity index (χ0) is 24.3. The highest BCUT2D eigenvalue weighted by Crippen LogP contribution is 2.62. The molecule has 3 aliphatic rings. The number of phenols is 1. The van der Waals surface area contributed by atoms with E-state index in [1.807, 2.05) is 12.1 Å². The number of hydrogen-bond donors (Lipinski definition) is 2. The molecule has 8 heteroatoms. The van der Waals surface area contributed by atoms with Crippen molar-refractivity contribution in [3.05, 3.63) is 53.1 Å². The number of nitrogens with two attached hydrogens (primary N) is 1. The van der Waals surface area contributed by atoms with Gasteiger partial charge in [0.15, 0.2) is 11.5 Å². The van der Waals surface area contributed by atoms with Crippen molar-refractivity contribution in [1.82, 2.24) is 0 Å². The molecule has 3 unspecified atom stereocenters. The van der Waals surface area contributed by atoms with Crippen molar-refractivity contribution < 1.29 is 27.8 Å². The number of rotatable bonds is 4. The fraction of sp³-hybridized carbons (Fsp3) is 0.500. The average molecular weight is 486 g/mol. The lowest BCUT2D eigenvalue weighted by molar-refractivity contribution is -0.0428. The van der Waals surface area contributed by atoms with Crippen LogP contribution >= 0.6 is 0 Å². The van der Waals surface area contributed by atoms with Gasteiger partial charge in [-0.15, -0.1) is 0 Å². The number of primary sulfonamides is 1. The molecule has 2 fully saturated rings. The summed E-state index contributed by atoms with van der Waals surface area (Å²) in [5.74, 6) is 1.56. The Bertz CT molecular complexity index is 1240. The van der Waals surface area contributed by atoms with Crippen molar-refractivity contribution in [3.8, 4) is 11.5 Å². The number of carbonyl (C=O) groups is 1. The summed E-state index contributed by atoms with van der Waals surface area (Å²) >= 11 is 0. The van der Waals surface area contributed by atoms with Gasteiger partial charge in [-0.3, -0.25) is 0 Å². The molecule has 5 rings (SSSR count). The van der Waals surface area contributed by atoms with Crippen LogP contribution in [0.15, 0.2) is 41.3 Å². The third-order valence-corrected chi connectivity index (χ3v) is 9.50. The number of fused-ring (bicyclic) bond motifs is 5. The van der Waals surface area contributed by atoms with Crippen LogP contribution in [-0.2, 0) is 21.2 Å². The highest BCUT2D eigenvalue weighted by molar-refractivity contribution is 7.89. The number of methoxy groups -OCH3 is 1. The van der Waals surface area contributed by atoms with Gasteiger partial charge >= 0.3 is 5.97 Å². The standard InChI is InChI=1S/C26H31NO6S/c1-26-11-10-18-19(7-6-15-13-22(28)23(32-2)14-20(15)18)21(26)8-9-24(26)33-25(29)16-4-3-5-17(12-16)34(27,30)31/h3-5,12-14,18-19,21,24,28H,6-11H2,1-2H3,(H2,27,30,31)/t18?,19?,21?,24-,26-/m0/s1. The molecule has 7 nitrogen and oxygen atoms in total. The molecule has 0 saturated heterocycles. The summed E-state index contributed by atoms with van der Waals surface area (Å²) in [5.41, 5.74) is 2.57. The van der Waals surface area contributed by atoms with E-state index in [1.165, 1.54) is 29.3 Å². The molecular formula is C26H31NO6S.